The molecule has 0 bridgehead atoms. The largest absolute Gasteiger partial charge is 0.378 e. The van der Waals surface area contributed by atoms with Crippen LogP contribution in [0.3, 0.4) is 0 Å². The quantitative estimate of drug-likeness (QED) is 0.305. The van der Waals surface area contributed by atoms with Gasteiger partial charge in [0.15, 0.2) is 5.78 Å². The van der Waals surface area contributed by atoms with Crippen LogP contribution >= 0.6 is 0 Å². The molecule has 2 aliphatic rings. The van der Waals surface area contributed by atoms with Gasteiger partial charge in [0, 0.05) is 18.7 Å². The summed E-state index contributed by atoms with van der Waals surface area (Å²) in [6, 6.07) is 7.12. The van der Waals surface area contributed by atoms with E-state index >= 15 is 0 Å². The van der Waals surface area contributed by atoms with Gasteiger partial charge in [0.25, 0.3) is 5.91 Å². The highest BCUT2D eigenvalue weighted by atomic mass is 16.5. The van der Waals surface area contributed by atoms with E-state index in [1.807, 2.05) is 6.92 Å². The van der Waals surface area contributed by atoms with Crippen LogP contribution in [0.2, 0.25) is 0 Å². The van der Waals surface area contributed by atoms with Crippen molar-refractivity contribution in [3.05, 3.63) is 35.9 Å². The second-order valence-electron chi connectivity index (χ2n) is 9.68. The fourth-order valence-corrected chi connectivity index (χ4v) is 4.72. The number of amides is 4. The summed E-state index contributed by atoms with van der Waals surface area (Å²) >= 11 is 0. The smallest absolute Gasteiger partial charge is 0.318 e. The highest BCUT2D eigenvalue weighted by Gasteiger charge is 2.43. The summed E-state index contributed by atoms with van der Waals surface area (Å²) in [5.74, 6) is -2.48. The minimum Gasteiger partial charge on any atom is -0.378 e. The Hall–Kier alpha value is -3.27. The predicted molar refractivity (Wildman–Crippen MR) is 137 cm³/mol. The number of rotatable bonds is 11. The molecule has 1 heterocycles. The summed E-state index contributed by atoms with van der Waals surface area (Å²) < 4.78 is 5.31. The van der Waals surface area contributed by atoms with Crippen LogP contribution in [0.4, 0.5) is 4.79 Å². The van der Waals surface area contributed by atoms with Gasteiger partial charge in [-0.3, -0.25) is 19.2 Å². The molecule has 1 aromatic carbocycles. The van der Waals surface area contributed by atoms with Crippen LogP contribution in [-0.2, 0) is 19.1 Å². The normalized spacial score (nSPS) is 17.8. The van der Waals surface area contributed by atoms with Crippen LogP contribution in [0.15, 0.2) is 30.3 Å². The molecular formula is C27H38N4O6. The Morgan fingerprint density at radius 2 is 1.68 bits per heavy atom. The highest BCUT2D eigenvalue weighted by molar-refractivity contribution is 6.38. The number of carbonyl (C=O) groups excluding carboxylic acids is 5. The monoisotopic (exact) mass is 514 g/mol. The summed E-state index contributed by atoms with van der Waals surface area (Å²) in [5.41, 5.74) is -0.709. The van der Waals surface area contributed by atoms with Crippen molar-refractivity contribution < 1.29 is 28.7 Å². The Bertz CT molecular complexity index is 955. The molecule has 3 N–H and O–H groups in total. The van der Waals surface area contributed by atoms with Crippen molar-refractivity contribution >= 4 is 29.4 Å². The molecule has 0 spiro atoms. The first-order chi connectivity index (χ1) is 17.9. The fourth-order valence-electron chi connectivity index (χ4n) is 4.72. The third-order valence-electron chi connectivity index (χ3n) is 6.98. The van der Waals surface area contributed by atoms with Gasteiger partial charge in [-0.15, -0.1) is 0 Å². The van der Waals surface area contributed by atoms with E-state index in [0.717, 1.165) is 25.7 Å². The predicted octanol–water partition coefficient (Wildman–Crippen LogP) is 1.97. The lowest BCUT2D eigenvalue weighted by molar-refractivity contribution is -0.141. The molecule has 10 heteroatoms. The maximum atomic E-state index is 13.6. The van der Waals surface area contributed by atoms with Crippen LogP contribution < -0.4 is 16.0 Å². The Morgan fingerprint density at radius 3 is 2.32 bits per heavy atom. The van der Waals surface area contributed by atoms with Crippen LogP contribution in [0, 0.1) is 0 Å². The van der Waals surface area contributed by atoms with E-state index in [4.69, 9.17) is 4.74 Å². The molecule has 1 atom stereocenters. The molecule has 1 aliphatic carbocycles. The van der Waals surface area contributed by atoms with Gasteiger partial charge >= 0.3 is 6.03 Å². The number of urea groups is 1. The minimum atomic E-state index is -1.14. The van der Waals surface area contributed by atoms with Gasteiger partial charge in [-0.25, -0.2) is 4.79 Å². The molecule has 37 heavy (non-hydrogen) atoms. The zero-order valence-electron chi connectivity index (χ0n) is 21.6. The van der Waals surface area contributed by atoms with E-state index in [-0.39, 0.29) is 24.8 Å². The van der Waals surface area contributed by atoms with Crippen molar-refractivity contribution in [3.8, 4) is 0 Å². The number of carbonyl (C=O) groups is 5. The van der Waals surface area contributed by atoms with Gasteiger partial charge in [0.05, 0.1) is 25.8 Å². The molecule has 1 saturated heterocycles. The molecule has 1 saturated carbocycles. The Balaban J connectivity index is 1.66. The molecule has 0 aromatic heterocycles. The summed E-state index contributed by atoms with van der Waals surface area (Å²) in [6.45, 7) is 3.42. The van der Waals surface area contributed by atoms with E-state index in [0.29, 0.717) is 51.1 Å². The van der Waals surface area contributed by atoms with Gasteiger partial charge in [0.1, 0.15) is 5.54 Å². The molecule has 1 aromatic rings. The summed E-state index contributed by atoms with van der Waals surface area (Å²) in [7, 11) is 0. The number of hydrogen-bond acceptors (Lipinski definition) is 6. The van der Waals surface area contributed by atoms with Crippen molar-refractivity contribution in [2.75, 3.05) is 32.8 Å². The van der Waals surface area contributed by atoms with E-state index in [1.54, 1.807) is 35.2 Å². The molecule has 3 rings (SSSR count). The second-order valence-corrected chi connectivity index (χ2v) is 9.68. The maximum Gasteiger partial charge on any atom is 0.318 e. The van der Waals surface area contributed by atoms with Gasteiger partial charge < -0.3 is 25.6 Å². The number of Topliss-reactive ketones (excluding diaryl/α,β-unsaturated/α-hetero) is 2. The molecule has 0 radical (unpaired) electrons. The molecule has 1 aliphatic heterocycles. The second kappa shape index (κ2) is 13.9. The number of nitrogens with one attached hydrogen (secondary N) is 3. The Kier molecular flexibility index (Phi) is 10.6. The molecule has 10 nitrogen and oxygen atoms in total. The number of unbranched alkanes of at least 4 members (excludes halogenated alkanes) is 1. The van der Waals surface area contributed by atoms with Gasteiger partial charge in [-0.2, -0.15) is 0 Å². The zero-order valence-corrected chi connectivity index (χ0v) is 21.6. The average molecular weight is 515 g/mol. The number of ketones is 2. The first kappa shape index (κ1) is 28.3. The minimum absolute atomic E-state index is 0.286. The Morgan fingerprint density at radius 1 is 1.00 bits per heavy atom. The maximum absolute atomic E-state index is 13.6. The molecular weight excluding hydrogens is 476 g/mol. The lowest BCUT2D eigenvalue weighted by Crippen LogP contribution is -2.64. The zero-order chi connectivity index (χ0) is 26.7. The third kappa shape index (κ3) is 7.85. The lowest BCUT2D eigenvalue weighted by Gasteiger charge is -2.39. The van der Waals surface area contributed by atoms with E-state index in [2.05, 4.69) is 16.0 Å². The van der Waals surface area contributed by atoms with E-state index in [9.17, 15) is 24.0 Å². The molecule has 202 valence electrons. The number of morpholine rings is 1. The molecule has 1 unspecified atom stereocenters. The average Bonchev–Trinajstić information content (AvgIpc) is 2.94. The number of benzene rings is 1. The van der Waals surface area contributed by atoms with Gasteiger partial charge in [0.2, 0.25) is 11.7 Å². The van der Waals surface area contributed by atoms with Gasteiger partial charge in [-0.1, -0.05) is 69.4 Å². The van der Waals surface area contributed by atoms with Crippen molar-refractivity contribution in [2.45, 2.75) is 69.9 Å². The first-order valence-electron chi connectivity index (χ1n) is 13.2. The first-order valence-corrected chi connectivity index (χ1v) is 13.2. The highest BCUT2D eigenvalue weighted by Crippen LogP contribution is 2.29. The van der Waals surface area contributed by atoms with Crippen LogP contribution in [0.25, 0.3) is 0 Å². The summed E-state index contributed by atoms with van der Waals surface area (Å²) in [6.07, 6.45) is 5.10. The van der Waals surface area contributed by atoms with Crippen LogP contribution in [0.1, 0.15) is 68.6 Å². The summed E-state index contributed by atoms with van der Waals surface area (Å²) in [4.78, 5) is 66.2. The SMILES string of the molecule is CCCCC(NC(=O)C1(NC(=O)N2CCOCC2)CCCCC1)C(=O)C(=O)NCC(=O)c1ccccc1. The van der Waals surface area contributed by atoms with Crippen LogP contribution in [0.5, 0.6) is 0 Å². The fraction of sp³-hybridized carbons (Fsp3) is 0.593. The topological polar surface area (TPSA) is 134 Å². The molecule has 2 fully saturated rings. The number of ether oxygens (including phenoxy) is 1. The van der Waals surface area contributed by atoms with E-state index in [1.165, 1.54) is 0 Å². The number of nitrogens with zero attached hydrogens (tertiary/aromatic N) is 1. The van der Waals surface area contributed by atoms with Crippen molar-refractivity contribution in [3.63, 3.8) is 0 Å². The Labute approximate surface area is 217 Å². The van der Waals surface area contributed by atoms with Gasteiger partial charge in [-0.05, 0) is 19.3 Å². The lowest BCUT2D eigenvalue weighted by atomic mass is 9.80. The van der Waals surface area contributed by atoms with Crippen LogP contribution in [-0.4, -0.2) is 78.7 Å². The van der Waals surface area contributed by atoms with E-state index < -0.39 is 29.2 Å². The molecule has 4 amide bonds. The van der Waals surface area contributed by atoms with Crippen molar-refractivity contribution in [1.29, 1.82) is 0 Å². The van der Waals surface area contributed by atoms with Crippen molar-refractivity contribution in [1.82, 2.24) is 20.9 Å². The number of hydrogen-bond donors (Lipinski definition) is 3. The standard InChI is InChI=1S/C27H38N4O6/c1-2-3-12-21(23(33)24(34)28-19-22(32)20-10-6-4-7-11-20)29-25(35)27(13-8-5-9-14-27)30-26(36)31-15-17-37-18-16-31/h4,6-7,10-11,21H,2-3,5,8-9,12-19H2,1H3,(H,28,34)(H,29,35)(H,30,36). The third-order valence-corrected chi connectivity index (χ3v) is 6.98. The van der Waals surface area contributed by atoms with Crippen molar-refractivity contribution in [2.24, 2.45) is 0 Å². The summed E-state index contributed by atoms with van der Waals surface area (Å²) in [5, 5.41) is 8.13.